The molecule has 0 aromatic rings. The summed E-state index contributed by atoms with van der Waals surface area (Å²) >= 11 is 0. The first-order chi connectivity index (χ1) is 7.09. The van der Waals surface area contributed by atoms with Gasteiger partial charge in [-0.25, -0.2) is 0 Å². The lowest BCUT2D eigenvalue weighted by molar-refractivity contribution is 0.954. The van der Waals surface area contributed by atoms with E-state index in [9.17, 15) is 0 Å². The van der Waals surface area contributed by atoms with Gasteiger partial charge in [-0.1, -0.05) is 17.7 Å². The third-order valence-electron chi connectivity index (χ3n) is 2.19. The Hall–Kier alpha value is -1.78. The number of nitrogens with zero attached hydrogens (tertiary/aromatic N) is 2. The standard InChI is InChI=1S/C10H17N5/c1-7-3-2-4-8(7)5-6-14-10(13)15-9(11)12/h3-4H,2,5-6H2,1H3,(H6,11,12,13,14,15). The van der Waals surface area contributed by atoms with Gasteiger partial charge in [0.15, 0.2) is 5.96 Å². The van der Waals surface area contributed by atoms with Crippen molar-refractivity contribution in [1.29, 1.82) is 0 Å². The molecule has 5 heteroatoms. The first-order valence-corrected chi connectivity index (χ1v) is 4.85. The Labute approximate surface area is 89.4 Å². The van der Waals surface area contributed by atoms with Crippen LogP contribution in [0, 0.1) is 0 Å². The Bertz CT molecular complexity index is 345. The van der Waals surface area contributed by atoms with Crippen LogP contribution in [0.25, 0.3) is 0 Å². The molecule has 0 heterocycles. The monoisotopic (exact) mass is 207 g/mol. The van der Waals surface area contributed by atoms with Crippen LogP contribution < -0.4 is 17.2 Å². The fraction of sp³-hybridized carbons (Fsp3) is 0.400. The Kier molecular flexibility index (Phi) is 3.91. The lowest BCUT2D eigenvalue weighted by atomic mass is 10.1. The molecule has 0 aromatic heterocycles. The normalized spacial score (nSPS) is 15.9. The minimum absolute atomic E-state index is 0.0626. The molecule has 0 saturated heterocycles. The number of hydrogen-bond acceptors (Lipinski definition) is 1. The van der Waals surface area contributed by atoms with E-state index in [0.29, 0.717) is 6.54 Å². The summed E-state index contributed by atoms with van der Waals surface area (Å²) in [6.07, 6.45) is 6.29. The van der Waals surface area contributed by atoms with Crippen LogP contribution >= 0.6 is 0 Å². The summed E-state index contributed by atoms with van der Waals surface area (Å²) in [7, 11) is 0. The average Bonchev–Trinajstić information content (AvgIpc) is 2.50. The van der Waals surface area contributed by atoms with Crippen molar-refractivity contribution in [3.63, 3.8) is 0 Å². The van der Waals surface area contributed by atoms with Gasteiger partial charge in [0.1, 0.15) is 0 Å². The van der Waals surface area contributed by atoms with Gasteiger partial charge in [0.05, 0.1) is 0 Å². The lowest BCUT2D eigenvalue weighted by Gasteiger charge is -2.01. The van der Waals surface area contributed by atoms with Crippen LogP contribution in [0.15, 0.2) is 33.3 Å². The predicted molar refractivity (Wildman–Crippen MR) is 63.4 cm³/mol. The molecule has 0 spiro atoms. The summed E-state index contributed by atoms with van der Waals surface area (Å²) in [6, 6.07) is 0. The molecule has 0 aliphatic heterocycles. The first-order valence-electron chi connectivity index (χ1n) is 4.85. The lowest BCUT2D eigenvalue weighted by Crippen LogP contribution is -2.26. The zero-order valence-electron chi connectivity index (χ0n) is 8.90. The number of nitrogens with two attached hydrogens (primary N) is 3. The summed E-state index contributed by atoms with van der Waals surface area (Å²) in [6.45, 7) is 2.71. The van der Waals surface area contributed by atoms with Crippen molar-refractivity contribution >= 4 is 11.9 Å². The quantitative estimate of drug-likeness (QED) is 0.456. The van der Waals surface area contributed by atoms with E-state index in [0.717, 1.165) is 12.8 Å². The summed E-state index contributed by atoms with van der Waals surface area (Å²) in [5.74, 6) is 0.0719. The SMILES string of the molecule is CC1=CCC=C1CCN=C(N)N=C(N)N. The summed E-state index contributed by atoms with van der Waals surface area (Å²) in [5, 5.41) is 0. The van der Waals surface area contributed by atoms with E-state index in [-0.39, 0.29) is 11.9 Å². The van der Waals surface area contributed by atoms with Gasteiger partial charge in [-0.05, 0) is 25.3 Å². The molecule has 0 bridgehead atoms. The zero-order valence-corrected chi connectivity index (χ0v) is 8.90. The van der Waals surface area contributed by atoms with Crippen molar-refractivity contribution in [3.05, 3.63) is 23.3 Å². The highest BCUT2D eigenvalue weighted by atomic mass is 15.1. The van der Waals surface area contributed by atoms with Crippen LogP contribution in [0.1, 0.15) is 19.8 Å². The van der Waals surface area contributed by atoms with Crippen LogP contribution in [0.2, 0.25) is 0 Å². The molecule has 0 unspecified atom stereocenters. The molecule has 6 N–H and O–H groups in total. The Morgan fingerprint density at radius 1 is 1.33 bits per heavy atom. The number of guanidine groups is 2. The predicted octanol–water partition coefficient (Wildman–Crippen LogP) is 0.241. The fourth-order valence-electron chi connectivity index (χ4n) is 1.43. The van der Waals surface area contributed by atoms with Crippen LogP contribution in [-0.2, 0) is 0 Å². The first kappa shape index (κ1) is 11.3. The maximum Gasteiger partial charge on any atom is 0.218 e. The van der Waals surface area contributed by atoms with Crippen molar-refractivity contribution in [2.75, 3.05) is 6.54 Å². The van der Waals surface area contributed by atoms with E-state index < -0.39 is 0 Å². The molecule has 1 aliphatic carbocycles. The van der Waals surface area contributed by atoms with Crippen molar-refractivity contribution in [2.24, 2.45) is 27.2 Å². The maximum atomic E-state index is 5.46. The molecule has 15 heavy (non-hydrogen) atoms. The molecule has 0 fully saturated rings. The Balaban J connectivity index is 2.39. The van der Waals surface area contributed by atoms with Gasteiger partial charge in [-0.15, -0.1) is 0 Å². The second-order valence-electron chi connectivity index (χ2n) is 3.38. The van der Waals surface area contributed by atoms with Crippen molar-refractivity contribution < 1.29 is 0 Å². The smallest absolute Gasteiger partial charge is 0.218 e. The van der Waals surface area contributed by atoms with Gasteiger partial charge < -0.3 is 17.2 Å². The van der Waals surface area contributed by atoms with Gasteiger partial charge in [0, 0.05) is 6.54 Å². The Morgan fingerprint density at radius 2 is 2.07 bits per heavy atom. The second kappa shape index (κ2) is 5.19. The molecule has 1 rings (SSSR count). The van der Waals surface area contributed by atoms with Gasteiger partial charge in [-0.3, -0.25) is 4.99 Å². The van der Waals surface area contributed by atoms with Gasteiger partial charge >= 0.3 is 0 Å². The molecular weight excluding hydrogens is 190 g/mol. The average molecular weight is 207 g/mol. The van der Waals surface area contributed by atoms with E-state index in [4.69, 9.17) is 17.2 Å². The summed E-state index contributed by atoms with van der Waals surface area (Å²) in [5.41, 5.74) is 18.4. The van der Waals surface area contributed by atoms with Crippen LogP contribution in [0.4, 0.5) is 0 Å². The van der Waals surface area contributed by atoms with E-state index in [1.54, 1.807) is 0 Å². The number of hydrogen-bond donors (Lipinski definition) is 3. The van der Waals surface area contributed by atoms with Gasteiger partial charge in [0.25, 0.3) is 0 Å². The highest BCUT2D eigenvalue weighted by Crippen LogP contribution is 2.21. The van der Waals surface area contributed by atoms with Crippen LogP contribution in [0.3, 0.4) is 0 Å². The highest BCUT2D eigenvalue weighted by molar-refractivity contribution is 5.92. The van der Waals surface area contributed by atoms with Crippen molar-refractivity contribution in [2.45, 2.75) is 19.8 Å². The molecule has 0 saturated carbocycles. The van der Waals surface area contributed by atoms with E-state index >= 15 is 0 Å². The molecule has 0 atom stereocenters. The van der Waals surface area contributed by atoms with E-state index in [2.05, 4.69) is 29.1 Å². The molecule has 82 valence electrons. The van der Waals surface area contributed by atoms with Crippen molar-refractivity contribution in [3.8, 4) is 0 Å². The minimum atomic E-state index is -0.0626. The molecule has 5 nitrogen and oxygen atoms in total. The highest BCUT2D eigenvalue weighted by Gasteiger charge is 2.03. The third-order valence-corrected chi connectivity index (χ3v) is 2.19. The second-order valence-corrected chi connectivity index (χ2v) is 3.38. The fourth-order valence-corrected chi connectivity index (χ4v) is 1.43. The topological polar surface area (TPSA) is 103 Å². The van der Waals surface area contributed by atoms with Gasteiger partial charge in [0.2, 0.25) is 5.96 Å². The molecule has 0 aromatic carbocycles. The summed E-state index contributed by atoms with van der Waals surface area (Å²) < 4.78 is 0. The Morgan fingerprint density at radius 3 is 2.60 bits per heavy atom. The number of aliphatic imine (C=N–C) groups is 2. The van der Waals surface area contributed by atoms with Gasteiger partial charge in [-0.2, -0.15) is 4.99 Å². The molecule has 1 aliphatic rings. The van der Waals surface area contributed by atoms with Crippen LogP contribution in [0.5, 0.6) is 0 Å². The molecule has 0 radical (unpaired) electrons. The summed E-state index contributed by atoms with van der Waals surface area (Å²) in [4.78, 5) is 7.67. The maximum absolute atomic E-state index is 5.46. The third kappa shape index (κ3) is 3.84. The van der Waals surface area contributed by atoms with E-state index in [1.165, 1.54) is 11.1 Å². The largest absolute Gasteiger partial charge is 0.370 e. The molecular formula is C10H17N5. The molecule has 0 amide bonds. The minimum Gasteiger partial charge on any atom is -0.370 e. The number of rotatable bonds is 3. The zero-order chi connectivity index (χ0) is 11.3. The van der Waals surface area contributed by atoms with Crippen LogP contribution in [-0.4, -0.2) is 18.5 Å². The van der Waals surface area contributed by atoms with E-state index in [1.807, 2.05) is 0 Å². The van der Waals surface area contributed by atoms with Crippen molar-refractivity contribution in [1.82, 2.24) is 0 Å². The number of allylic oxidation sites excluding steroid dienone is 3.